The summed E-state index contributed by atoms with van der Waals surface area (Å²) in [7, 11) is 0. The number of aromatic amines is 1. The summed E-state index contributed by atoms with van der Waals surface area (Å²) in [6.07, 6.45) is 2.78. The first-order valence-corrected chi connectivity index (χ1v) is 10.4. The van der Waals surface area contributed by atoms with Crippen LogP contribution in [-0.2, 0) is 17.9 Å². The van der Waals surface area contributed by atoms with Crippen molar-refractivity contribution in [2.45, 2.75) is 58.5 Å². The second-order valence-electron chi connectivity index (χ2n) is 8.72. The van der Waals surface area contributed by atoms with Crippen LogP contribution in [0.4, 0.5) is 0 Å². The number of nitrogens with one attached hydrogen (secondary N) is 1. The number of imidazole rings is 1. The van der Waals surface area contributed by atoms with Gasteiger partial charge < -0.3 is 10.1 Å². The van der Waals surface area contributed by atoms with Gasteiger partial charge in [0.2, 0.25) is 0 Å². The lowest BCUT2D eigenvalue weighted by Crippen LogP contribution is -2.40. The minimum atomic E-state index is -0.731. The van der Waals surface area contributed by atoms with E-state index in [2.05, 4.69) is 4.98 Å². The maximum atomic E-state index is 12.9. The lowest BCUT2D eigenvalue weighted by Gasteiger charge is -2.17. The number of rotatable bonds is 7. The van der Waals surface area contributed by atoms with E-state index in [0.29, 0.717) is 54.3 Å². The molecule has 0 radical (unpaired) electrons. The quantitative estimate of drug-likeness (QED) is 0.754. The van der Waals surface area contributed by atoms with Gasteiger partial charge in [-0.25, -0.2) is 9.78 Å². The standard InChI is InChI=1S/C20H26N4O4/c1-3-5-23-18-16(19(27)24(6-4-2)20(23)28)21-17(22-18)15-9-7-11-13(14(11)15)10(9)8-12(25)26/h9-11,13-15H,3-8H2,1-2H3,(H,21,22)(H,25,26). The third-order valence-corrected chi connectivity index (χ3v) is 7.26. The SMILES string of the molecule is CCCn1c(=O)c2[nH]c(C3C4CC5C(C4CC(=O)O)C53)nc2n(CCC)c1=O. The summed E-state index contributed by atoms with van der Waals surface area (Å²) in [6.45, 7) is 4.86. The summed E-state index contributed by atoms with van der Waals surface area (Å²) in [5, 5.41) is 9.26. The van der Waals surface area contributed by atoms with Crippen molar-refractivity contribution in [3.63, 3.8) is 0 Å². The molecule has 0 aromatic carbocycles. The predicted molar refractivity (Wildman–Crippen MR) is 102 cm³/mol. The topological polar surface area (TPSA) is 110 Å². The lowest BCUT2D eigenvalue weighted by atomic mass is 9.89. The maximum Gasteiger partial charge on any atom is 0.332 e. The number of hydrogen-bond acceptors (Lipinski definition) is 4. The van der Waals surface area contributed by atoms with Crippen LogP contribution in [0.5, 0.6) is 0 Å². The molecular weight excluding hydrogens is 360 g/mol. The van der Waals surface area contributed by atoms with Crippen molar-refractivity contribution in [1.82, 2.24) is 19.1 Å². The molecule has 2 heterocycles. The maximum absolute atomic E-state index is 12.9. The molecule has 4 aliphatic carbocycles. The molecule has 2 N–H and O–H groups in total. The fourth-order valence-corrected chi connectivity index (χ4v) is 6.39. The zero-order valence-electron chi connectivity index (χ0n) is 16.2. The number of H-pyrrole nitrogens is 1. The Morgan fingerprint density at radius 2 is 1.86 bits per heavy atom. The molecule has 0 amide bonds. The van der Waals surface area contributed by atoms with Gasteiger partial charge in [0.05, 0.1) is 0 Å². The van der Waals surface area contributed by atoms with Gasteiger partial charge in [-0.3, -0.25) is 18.7 Å². The molecule has 0 saturated heterocycles. The molecule has 6 atom stereocenters. The first kappa shape index (κ1) is 17.7. The summed E-state index contributed by atoms with van der Waals surface area (Å²) in [6, 6.07) is 0. The predicted octanol–water partition coefficient (Wildman–Crippen LogP) is 1.78. The summed E-state index contributed by atoms with van der Waals surface area (Å²) in [5.74, 6) is 2.37. The van der Waals surface area contributed by atoms with Crippen molar-refractivity contribution in [2.75, 3.05) is 0 Å². The Kier molecular flexibility index (Phi) is 3.83. The number of aryl methyl sites for hydroxylation is 1. The molecule has 0 spiro atoms. The number of carboxylic acids is 1. The molecule has 8 heteroatoms. The molecule has 4 bridgehead atoms. The molecule has 8 nitrogen and oxygen atoms in total. The molecule has 4 fully saturated rings. The van der Waals surface area contributed by atoms with Crippen molar-refractivity contribution >= 4 is 17.1 Å². The summed E-state index contributed by atoms with van der Waals surface area (Å²) < 4.78 is 2.92. The minimum absolute atomic E-state index is 0.191. The number of nitrogens with zero attached hydrogens (tertiary/aromatic N) is 3. The zero-order chi connectivity index (χ0) is 19.7. The van der Waals surface area contributed by atoms with Crippen molar-refractivity contribution in [3.8, 4) is 0 Å². The van der Waals surface area contributed by atoms with Gasteiger partial charge in [0.15, 0.2) is 5.65 Å². The normalized spacial score (nSPS) is 32.4. The molecule has 28 heavy (non-hydrogen) atoms. The highest BCUT2D eigenvalue weighted by Crippen LogP contribution is 2.78. The van der Waals surface area contributed by atoms with E-state index in [1.165, 1.54) is 4.57 Å². The van der Waals surface area contributed by atoms with Gasteiger partial charge in [-0.1, -0.05) is 13.8 Å². The Morgan fingerprint density at radius 3 is 2.50 bits per heavy atom. The van der Waals surface area contributed by atoms with Crippen LogP contribution in [0.25, 0.3) is 11.2 Å². The van der Waals surface area contributed by atoms with E-state index in [0.717, 1.165) is 18.7 Å². The molecule has 150 valence electrons. The van der Waals surface area contributed by atoms with Gasteiger partial charge >= 0.3 is 11.7 Å². The van der Waals surface area contributed by atoms with E-state index in [-0.39, 0.29) is 29.5 Å². The Labute approximate surface area is 161 Å². The van der Waals surface area contributed by atoms with Crippen LogP contribution in [0.1, 0.15) is 51.3 Å². The molecule has 2 aromatic rings. The Balaban J connectivity index is 1.61. The highest BCUT2D eigenvalue weighted by atomic mass is 16.4. The number of hydrogen-bond donors (Lipinski definition) is 2. The molecular formula is C20H26N4O4. The van der Waals surface area contributed by atoms with Gasteiger partial charge in [-0.05, 0) is 48.9 Å². The fraction of sp³-hybridized carbons (Fsp3) is 0.700. The van der Waals surface area contributed by atoms with Crippen LogP contribution < -0.4 is 11.2 Å². The minimum Gasteiger partial charge on any atom is -0.481 e. The first-order chi connectivity index (χ1) is 13.5. The largest absolute Gasteiger partial charge is 0.481 e. The van der Waals surface area contributed by atoms with E-state index >= 15 is 0 Å². The van der Waals surface area contributed by atoms with Crippen LogP contribution in [0, 0.1) is 29.6 Å². The average molecular weight is 386 g/mol. The third-order valence-electron chi connectivity index (χ3n) is 7.26. The van der Waals surface area contributed by atoms with Gasteiger partial charge in [-0.15, -0.1) is 0 Å². The summed E-state index contributed by atoms with van der Waals surface area (Å²) in [5.41, 5.74) is 0.277. The average Bonchev–Trinajstić information content (AvgIpc) is 3.06. The van der Waals surface area contributed by atoms with Crippen LogP contribution in [0.3, 0.4) is 0 Å². The van der Waals surface area contributed by atoms with E-state index in [1.54, 1.807) is 4.57 Å². The van der Waals surface area contributed by atoms with E-state index in [9.17, 15) is 19.5 Å². The number of aromatic nitrogens is 4. The van der Waals surface area contributed by atoms with Crippen molar-refractivity contribution in [3.05, 3.63) is 26.7 Å². The highest BCUT2D eigenvalue weighted by Gasteiger charge is 2.74. The van der Waals surface area contributed by atoms with Crippen molar-refractivity contribution < 1.29 is 9.90 Å². The number of aliphatic carboxylic acids is 1. The number of carboxylic acid groups (broad SMARTS) is 1. The highest BCUT2D eigenvalue weighted by molar-refractivity contribution is 5.70. The number of fused-ring (bicyclic) bond motifs is 1. The van der Waals surface area contributed by atoms with E-state index in [4.69, 9.17) is 4.98 Å². The Morgan fingerprint density at radius 1 is 1.14 bits per heavy atom. The van der Waals surface area contributed by atoms with Gasteiger partial charge in [0.25, 0.3) is 5.56 Å². The van der Waals surface area contributed by atoms with Crippen LogP contribution in [-0.4, -0.2) is 30.2 Å². The van der Waals surface area contributed by atoms with Crippen LogP contribution >= 0.6 is 0 Å². The molecule has 6 unspecified atom stereocenters. The molecule has 0 aliphatic heterocycles. The second kappa shape index (κ2) is 6.06. The zero-order valence-corrected chi connectivity index (χ0v) is 16.2. The second-order valence-corrected chi connectivity index (χ2v) is 8.72. The third kappa shape index (κ3) is 2.23. The Bertz CT molecular complexity index is 1080. The van der Waals surface area contributed by atoms with E-state index < -0.39 is 5.97 Å². The van der Waals surface area contributed by atoms with Gasteiger partial charge in [-0.2, -0.15) is 0 Å². The fourth-order valence-electron chi connectivity index (χ4n) is 6.39. The van der Waals surface area contributed by atoms with Gasteiger partial charge in [0.1, 0.15) is 11.3 Å². The molecule has 6 rings (SSSR count). The number of carbonyl (C=O) groups is 1. The first-order valence-electron chi connectivity index (χ1n) is 10.4. The Hall–Kier alpha value is -2.38. The van der Waals surface area contributed by atoms with Crippen LogP contribution in [0.2, 0.25) is 0 Å². The van der Waals surface area contributed by atoms with Crippen molar-refractivity contribution in [2.24, 2.45) is 29.6 Å². The summed E-state index contributed by atoms with van der Waals surface area (Å²) in [4.78, 5) is 45.0. The van der Waals surface area contributed by atoms with E-state index in [1.807, 2.05) is 13.8 Å². The lowest BCUT2D eigenvalue weighted by molar-refractivity contribution is -0.138. The molecule has 4 saturated carbocycles. The molecule has 4 aliphatic rings. The summed E-state index contributed by atoms with van der Waals surface area (Å²) >= 11 is 0. The van der Waals surface area contributed by atoms with Crippen molar-refractivity contribution in [1.29, 1.82) is 0 Å². The molecule has 2 aromatic heterocycles. The van der Waals surface area contributed by atoms with Gasteiger partial charge in [0, 0.05) is 25.4 Å². The van der Waals surface area contributed by atoms with Crippen LogP contribution in [0.15, 0.2) is 9.59 Å². The monoisotopic (exact) mass is 386 g/mol. The smallest absolute Gasteiger partial charge is 0.332 e.